The van der Waals surface area contributed by atoms with Gasteiger partial charge < -0.3 is 10.1 Å². The first-order valence-electron chi connectivity index (χ1n) is 11.8. The second-order valence-electron chi connectivity index (χ2n) is 8.36. The molecule has 0 saturated carbocycles. The minimum absolute atomic E-state index is 0.000791. The van der Waals surface area contributed by atoms with Crippen molar-refractivity contribution in [2.24, 2.45) is 5.10 Å². The Balaban J connectivity index is 1.40. The number of hydrogen-bond acceptors (Lipinski definition) is 7. The van der Waals surface area contributed by atoms with Gasteiger partial charge in [-0.2, -0.15) is 5.10 Å². The molecule has 0 aliphatic heterocycles. The SMILES string of the molecule is O=C(Cc1ccccc1)Nc1ccc(C(=O)N/N=C/c2cc([N+](=O)[O-])ccc2OC(=O)c2ccc(Cl)cc2)cc1. The van der Waals surface area contributed by atoms with Gasteiger partial charge in [-0.05, 0) is 60.2 Å². The summed E-state index contributed by atoms with van der Waals surface area (Å²) in [6, 6.07) is 25.1. The number of nitro groups is 1. The third kappa shape index (κ3) is 7.59. The van der Waals surface area contributed by atoms with E-state index < -0.39 is 16.8 Å². The van der Waals surface area contributed by atoms with E-state index in [4.69, 9.17) is 16.3 Å². The van der Waals surface area contributed by atoms with Gasteiger partial charge in [-0.3, -0.25) is 19.7 Å². The molecule has 0 bridgehead atoms. The van der Waals surface area contributed by atoms with Gasteiger partial charge in [0.25, 0.3) is 11.6 Å². The average molecular weight is 557 g/mol. The van der Waals surface area contributed by atoms with Crippen molar-refractivity contribution in [3.05, 3.63) is 134 Å². The number of benzene rings is 4. The Hall–Kier alpha value is -5.35. The number of hydrazone groups is 1. The molecule has 0 saturated heterocycles. The molecule has 4 aromatic carbocycles. The molecule has 0 aromatic heterocycles. The quantitative estimate of drug-likeness (QED) is 0.0928. The second-order valence-corrected chi connectivity index (χ2v) is 8.80. The molecule has 40 heavy (non-hydrogen) atoms. The van der Waals surface area contributed by atoms with Crippen LogP contribution in [-0.2, 0) is 11.2 Å². The number of esters is 1. The number of non-ortho nitro benzene ring substituents is 1. The van der Waals surface area contributed by atoms with Crippen LogP contribution in [0.15, 0.2) is 102 Å². The van der Waals surface area contributed by atoms with Crippen LogP contribution in [0.25, 0.3) is 0 Å². The molecule has 11 heteroatoms. The van der Waals surface area contributed by atoms with Gasteiger partial charge in [0.05, 0.1) is 23.1 Å². The Morgan fingerprint density at radius 1 is 0.900 bits per heavy atom. The largest absolute Gasteiger partial charge is 0.422 e. The monoisotopic (exact) mass is 556 g/mol. The molecular formula is C29H21ClN4O6. The molecular weight excluding hydrogens is 536 g/mol. The van der Waals surface area contributed by atoms with Crippen LogP contribution in [0.5, 0.6) is 5.75 Å². The number of anilines is 1. The summed E-state index contributed by atoms with van der Waals surface area (Å²) >= 11 is 5.85. The molecule has 0 radical (unpaired) electrons. The topological polar surface area (TPSA) is 140 Å². The van der Waals surface area contributed by atoms with Crippen LogP contribution in [0.1, 0.15) is 31.8 Å². The highest BCUT2D eigenvalue weighted by Gasteiger charge is 2.15. The number of hydrogen-bond donors (Lipinski definition) is 2. The van der Waals surface area contributed by atoms with Gasteiger partial charge in [0.2, 0.25) is 5.91 Å². The Kier molecular flexibility index (Phi) is 8.95. The first-order valence-corrected chi connectivity index (χ1v) is 12.2. The molecule has 0 aliphatic carbocycles. The first-order chi connectivity index (χ1) is 19.3. The number of amides is 2. The predicted molar refractivity (Wildman–Crippen MR) is 150 cm³/mol. The van der Waals surface area contributed by atoms with Crippen LogP contribution in [0.2, 0.25) is 5.02 Å². The lowest BCUT2D eigenvalue weighted by Crippen LogP contribution is -2.18. The van der Waals surface area contributed by atoms with Gasteiger partial charge in [0.1, 0.15) is 5.75 Å². The van der Waals surface area contributed by atoms with E-state index in [2.05, 4.69) is 15.8 Å². The summed E-state index contributed by atoms with van der Waals surface area (Å²) in [5.74, 6) is -1.47. The predicted octanol–water partition coefficient (Wildman–Crippen LogP) is 5.41. The van der Waals surface area contributed by atoms with E-state index in [1.54, 1.807) is 12.1 Å². The summed E-state index contributed by atoms with van der Waals surface area (Å²) in [5.41, 5.74) is 4.03. The first kappa shape index (κ1) is 27.7. The lowest BCUT2D eigenvalue weighted by Gasteiger charge is -2.08. The number of nitro benzene ring substituents is 1. The number of nitrogens with one attached hydrogen (secondary N) is 2. The van der Waals surface area contributed by atoms with Gasteiger partial charge in [0, 0.05) is 34.0 Å². The summed E-state index contributed by atoms with van der Waals surface area (Å²) in [6.07, 6.45) is 1.35. The van der Waals surface area contributed by atoms with Crippen molar-refractivity contribution in [2.75, 3.05) is 5.32 Å². The van der Waals surface area contributed by atoms with E-state index in [9.17, 15) is 24.5 Å². The third-order valence-electron chi connectivity index (χ3n) is 5.49. The maximum Gasteiger partial charge on any atom is 0.343 e. The normalized spacial score (nSPS) is 10.6. The summed E-state index contributed by atoms with van der Waals surface area (Å²) < 4.78 is 5.39. The number of ether oxygens (including phenoxy) is 1. The Bertz CT molecular complexity index is 1570. The van der Waals surface area contributed by atoms with Crippen LogP contribution in [-0.4, -0.2) is 28.9 Å². The van der Waals surface area contributed by atoms with E-state index >= 15 is 0 Å². The molecule has 10 nitrogen and oxygen atoms in total. The molecule has 0 spiro atoms. The zero-order valence-electron chi connectivity index (χ0n) is 20.7. The van der Waals surface area contributed by atoms with E-state index in [1.165, 1.54) is 48.5 Å². The van der Waals surface area contributed by atoms with Crippen LogP contribution >= 0.6 is 11.6 Å². The van der Waals surface area contributed by atoms with Crippen molar-refractivity contribution < 1.29 is 24.0 Å². The maximum atomic E-state index is 12.5. The van der Waals surface area contributed by atoms with Crippen LogP contribution in [0.4, 0.5) is 11.4 Å². The van der Waals surface area contributed by atoms with Gasteiger partial charge in [-0.15, -0.1) is 0 Å². The van der Waals surface area contributed by atoms with Gasteiger partial charge in [-0.25, -0.2) is 10.2 Å². The van der Waals surface area contributed by atoms with E-state index in [0.29, 0.717) is 10.7 Å². The smallest absolute Gasteiger partial charge is 0.343 e. The summed E-state index contributed by atoms with van der Waals surface area (Å²) in [4.78, 5) is 47.9. The number of carbonyl (C=O) groups is 3. The fourth-order valence-corrected chi connectivity index (χ4v) is 3.63. The highest BCUT2D eigenvalue weighted by molar-refractivity contribution is 6.30. The lowest BCUT2D eigenvalue weighted by molar-refractivity contribution is -0.384. The average Bonchev–Trinajstić information content (AvgIpc) is 2.95. The molecule has 4 rings (SSSR count). The molecule has 0 fully saturated rings. The summed E-state index contributed by atoms with van der Waals surface area (Å²) in [7, 11) is 0. The highest BCUT2D eigenvalue weighted by Crippen LogP contribution is 2.24. The number of halogens is 1. The van der Waals surface area contributed by atoms with E-state index in [0.717, 1.165) is 17.8 Å². The molecule has 0 atom stereocenters. The third-order valence-corrected chi connectivity index (χ3v) is 5.75. The number of rotatable bonds is 9. The number of carbonyl (C=O) groups excluding carboxylic acids is 3. The van der Waals surface area contributed by atoms with Crippen molar-refractivity contribution in [3.63, 3.8) is 0 Å². The Labute approximate surface area is 233 Å². The van der Waals surface area contributed by atoms with Crippen LogP contribution < -0.4 is 15.5 Å². The van der Waals surface area contributed by atoms with Gasteiger partial charge in [0.15, 0.2) is 0 Å². The zero-order chi connectivity index (χ0) is 28.5. The van der Waals surface area contributed by atoms with Crippen molar-refractivity contribution in [1.29, 1.82) is 0 Å². The zero-order valence-corrected chi connectivity index (χ0v) is 21.5. The Morgan fingerprint density at radius 3 is 2.25 bits per heavy atom. The minimum Gasteiger partial charge on any atom is -0.422 e. The van der Waals surface area contributed by atoms with Crippen molar-refractivity contribution in [3.8, 4) is 5.75 Å². The molecule has 2 amide bonds. The molecule has 4 aromatic rings. The van der Waals surface area contributed by atoms with E-state index in [-0.39, 0.29) is 40.5 Å². The Morgan fingerprint density at radius 2 is 1.57 bits per heavy atom. The van der Waals surface area contributed by atoms with Crippen molar-refractivity contribution in [2.45, 2.75) is 6.42 Å². The van der Waals surface area contributed by atoms with Crippen molar-refractivity contribution in [1.82, 2.24) is 5.43 Å². The van der Waals surface area contributed by atoms with Crippen LogP contribution in [0, 0.1) is 10.1 Å². The van der Waals surface area contributed by atoms with Crippen molar-refractivity contribution >= 4 is 47.0 Å². The number of nitrogens with zero attached hydrogens (tertiary/aromatic N) is 2. The molecule has 200 valence electrons. The molecule has 0 aliphatic rings. The summed E-state index contributed by atoms with van der Waals surface area (Å²) in [5, 5.41) is 18.3. The maximum absolute atomic E-state index is 12.5. The fourth-order valence-electron chi connectivity index (χ4n) is 3.50. The van der Waals surface area contributed by atoms with E-state index in [1.807, 2.05) is 30.3 Å². The summed E-state index contributed by atoms with van der Waals surface area (Å²) in [6.45, 7) is 0. The van der Waals surface area contributed by atoms with Gasteiger partial charge in [-0.1, -0.05) is 41.9 Å². The standard InChI is InChI=1S/C29H21ClN4O6/c30-23-10-6-21(7-11-23)29(37)40-26-15-14-25(34(38)39)17-22(26)18-31-33-28(36)20-8-12-24(13-9-20)32-27(35)16-19-4-2-1-3-5-19/h1-15,17-18H,16H2,(H,32,35)(H,33,36)/b31-18+. The molecule has 0 heterocycles. The minimum atomic E-state index is -0.708. The second kappa shape index (κ2) is 12.9. The van der Waals surface area contributed by atoms with Crippen LogP contribution in [0.3, 0.4) is 0 Å². The molecule has 2 N–H and O–H groups in total. The lowest BCUT2D eigenvalue weighted by atomic mass is 10.1. The molecule has 0 unspecified atom stereocenters. The van der Waals surface area contributed by atoms with Gasteiger partial charge >= 0.3 is 5.97 Å². The highest BCUT2D eigenvalue weighted by atomic mass is 35.5. The fraction of sp³-hybridized carbons (Fsp3) is 0.0345.